The van der Waals surface area contributed by atoms with Crippen LogP contribution in [0.5, 0.6) is 0 Å². The van der Waals surface area contributed by atoms with Crippen molar-refractivity contribution >= 4 is 31.7 Å². The quantitative estimate of drug-likeness (QED) is 0.908. The van der Waals surface area contributed by atoms with E-state index in [-0.39, 0.29) is 12.5 Å². The SMILES string of the molecule is Cc1ccc(Br)c(C(=O)NCC(C)(C)S(C)(=O)=O)c1. The zero-order valence-electron chi connectivity index (χ0n) is 11.5. The van der Waals surface area contributed by atoms with Gasteiger partial charge in [-0.05, 0) is 48.8 Å². The third-order valence-corrected chi connectivity index (χ3v) is 5.89. The van der Waals surface area contributed by atoms with Gasteiger partial charge in [0.05, 0.1) is 10.3 Å². The molecule has 1 aromatic rings. The highest BCUT2D eigenvalue weighted by atomic mass is 79.9. The Hall–Kier alpha value is -0.880. The van der Waals surface area contributed by atoms with Gasteiger partial charge in [0.15, 0.2) is 9.84 Å². The van der Waals surface area contributed by atoms with E-state index < -0.39 is 14.6 Å². The normalized spacial score (nSPS) is 12.3. The van der Waals surface area contributed by atoms with Crippen molar-refractivity contribution in [3.05, 3.63) is 33.8 Å². The molecule has 1 amide bonds. The predicted molar refractivity (Wildman–Crippen MR) is 80.1 cm³/mol. The summed E-state index contributed by atoms with van der Waals surface area (Å²) in [7, 11) is -3.22. The van der Waals surface area contributed by atoms with Gasteiger partial charge in [0.2, 0.25) is 0 Å². The minimum absolute atomic E-state index is 0.0745. The van der Waals surface area contributed by atoms with Crippen molar-refractivity contribution in [2.75, 3.05) is 12.8 Å². The molecule has 1 rings (SSSR count). The minimum Gasteiger partial charge on any atom is -0.350 e. The van der Waals surface area contributed by atoms with E-state index in [1.807, 2.05) is 13.0 Å². The minimum atomic E-state index is -3.22. The fraction of sp³-hybridized carbons (Fsp3) is 0.462. The van der Waals surface area contributed by atoms with E-state index in [2.05, 4.69) is 21.2 Å². The molecule has 0 saturated heterocycles. The number of amides is 1. The molecule has 106 valence electrons. The summed E-state index contributed by atoms with van der Waals surface area (Å²) in [6.45, 7) is 5.15. The Morgan fingerprint density at radius 1 is 1.37 bits per heavy atom. The average molecular weight is 348 g/mol. The molecule has 0 radical (unpaired) electrons. The Balaban J connectivity index is 2.85. The van der Waals surface area contributed by atoms with Gasteiger partial charge in [-0.3, -0.25) is 4.79 Å². The van der Waals surface area contributed by atoms with Crippen molar-refractivity contribution in [3.8, 4) is 0 Å². The Morgan fingerprint density at radius 3 is 2.47 bits per heavy atom. The van der Waals surface area contributed by atoms with Crippen molar-refractivity contribution < 1.29 is 13.2 Å². The number of carbonyl (C=O) groups is 1. The predicted octanol–water partition coefficient (Wildman–Crippen LogP) is 2.31. The second-order valence-corrected chi connectivity index (χ2v) is 8.70. The summed E-state index contributed by atoms with van der Waals surface area (Å²) < 4.78 is 22.8. The van der Waals surface area contributed by atoms with Gasteiger partial charge in [-0.25, -0.2) is 8.42 Å². The molecule has 0 aliphatic heterocycles. The van der Waals surface area contributed by atoms with Crippen LogP contribution in [-0.4, -0.2) is 31.9 Å². The highest BCUT2D eigenvalue weighted by Crippen LogP contribution is 2.19. The summed E-state index contributed by atoms with van der Waals surface area (Å²) in [5.41, 5.74) is 1.47. The molecule has 0 saturated carbocycles. The van der Waals surface area contributed by atoms with Crippen molar-refractivity contribution in [3.63, 3.8) is 0 Å². The maximum absolute atomic E-state index is 12.1. The second-order valence-electron chi connectivity index (χ2n) is 5.20. The Labute approximate surface area is 122 Å². The molecule has 1 aromatic carbocycles. The lowest BCUT2D eigenvalue weighted by Crippen LogP contribution is -2.43. The van der Waals surface area contributed by atoms with Gasteiger partial charge in [0.25, 0.3) is 5.91 Å². The van der Waals surface area contributed by atoms with E-state index in [1.54, 1.807) is 26.0 Å². The summed E-state index contributed by atoms with van der Waals surface area (Å²) >= 11 is 3.31. The molecular weight excluding hydrogens is 330 g/mol. The van der Waals surface area contributed by atoms with Gasteiger partial charge >= 0.3 is 0 Å². The number of aryl methyl sites for hydroxylation is 1. The molecule has 4 nitrogen and oxygen atoms in total. The molecule has 0 aromatic heterocycles. The monoisotopic (exact) mass is 347 g/mol. The van der Waals surface area contributed by atoms with E-state index in [1.165, 1.54) is 6.26 Å². The fourth-order valence-electron chi connectivity index (χ4n) is 1.33. The summed E-state index contributed by atoms with van der Waals surface area (Å²) in [6.07, 6.45) is 1.17. The number of halogens is 1. The maximum Gasteiger partial charge on any atom is 0.252 e. The number of benzene rings is 1. The van der Waals surface area contributed by atoms with E-state index in [9.17, 15) is 13.2 Å². The Kier molecular flexibility index (Phi) is 4.79. The van der Waals surface area contributed by atoms with Crippen LogP contribution in [0.1, 0.15) is 29.8 Å². The number of hydrogen-bond donors (Lipinski definition) is 1. The molecule has 19 heavy (non-hydrogen) atoms. The van der Waals surface area contributed by atoms with Crippen LogP contribution in [0.25, 0.3) is 0 Å². The standard InChI is InChI=1S/C13H18BrNO3S/c1-9-5-6-11(14)10(7-9)12(16)15-8-13(2,3)19(4,17)18/h5-7H,8H2,1-4H3,(H,15,16). The Bertz CT molecular complexity index is 594. The van der Waals surface area contributed by atoms with Gasteiger partial charge in [0.1, 0.15) is 0 Å². The van der Waals surface area contributed by atoms with Crippen molar-refractivity contribution in [1.29, 1.82) is 0 Å². The number of carbonyl (C=O) groups excluding carboxylic acids is 1. The summed E-state index contributed by atoms with van der Waals surface area (Å²) in [5.74, 6) is -0.285. The molecule has 0 heterocycles. The van der Waals surface area contributed by atoms with Gasteiger partial charge in [0, 0.05) is 17.3 Å². The van der Waals surface area contributed by atoms with Gasteiger partial charge in [-0.1, -0.05) is 11.6 Å². The van der Waals surface area contributed by atoms with Crippen molar-refractivity contribution in [2.24, 2.45) is 0 Å². The number of hydrogen-bond acceptors (Lipinski definition) is 3. The van der Waals surface area contributed by atoms with Crippen molar-refractivity contribution in [2.45, 2.75) is 25.5 Å². The molecule has 0 unspecified atom stereocenters. The zero-order valence-corrected chi connectivity index (χ0v) is 13.9. The van der Waals surface area contributed by atoms with E-state index in [0.717, 1.165) is 5.56 Å². The third-order valence-electron chi connectivity index (χ3n) is 3.04. The Morgan fingerprint density at radius 2 is 1.95 bits per heavy atom. The molecular formula is C13H18BrNO3S. The first-order valence-electron chi connectivity index (χ1n) is 5.78. The summed E-state index contributed by atoms with van der Waals surface area (Å²) in [5, 5.41) is 2.67. The lowest BCUT2D eigenvalue weighted by Gasteiger charge is -2.22. The van der Waals surface area contributed by atoms with Gasteiger partial charge < -0.3 is 5.32 Å². The van der Waals surface area contributed by atoms with E-state index in [0.29, 0.717) is 10.0 Å². The average Bonchev–Trinajstić information content (AvgIpc) is 2.28. The molecule has 0 atom stereocenters. The highest BCUT2D eigenvalue weighted by molar-refractivity contribution is 9.10. The smallest absolute Gasteiger partial charge is 0.252 e. The van der Waals surface area contributed by atoms with Gasteiger partial charge in [-0.2, -0.15) is 0 Å². The number of nitrogens with one attached hydrogen (secondary N) is 1. The van der Waals surface area contributed by atoms with Crippen LogP contribution in [-0.2, 0) is 9.84 Å². The van der Waals surface area contributed by atoms with Crippen LogP contribution >= 0.6 is 15.9 Å². The lowest BCUT2D eigenvalue weighted by molar-refractivity contribution is 0.0949. The first-order chi connectivity index (χ1) is 8.54. The largest absolute Gasteiger partial charge is 0.350 e. The molecule has 0 aliphatic carbocycles. The summed E-state index contributed by atoms with van der Waals surface area (Å²) in [6, 6.07) is 5.44. The van der Waals surface area contributed by atoms with Crippen LogP contribution in [0.3, 0.4) is 0 Å². The second kappa shape index (κ2) is 5.63. The highest BCUT2D eigenvalue weighted by Gasteiger charge is 2.30. The first-order valence-corrected chi connectivity index (χ1v) is 8.47. The number of sulfone groups is 1. The molecule has 0 aliphatic rings. The van der Waals surface area contributed by atoms with Crippen LogP contribution < -0.4 is 5.32 Å². The van der Waals surface area contributed by atoms with Crippen molar-refractivity contribution in [1.82, 2.24) is 5.32 Å². The molecule has 0 fully saturated rings. The van der Waals surface area contributed by atoms with Crippen LogP contribution in [0.15, 0.2) is 22.7 Å². The lowest BCUT2D eigenvalue weighted by atomic mass is 10.1. The summed E-state index contributed by atoms with van der Waals surface area (Å²) in [4.78, 5) is 12.1. The molecule has 0 bridgehead atoms. The van der Waals surface area contributed by atoms with Crippen LogP contribution in [0.4, 0.5) is 0 Å². The van der Waals surface area contributed by atoms with E-state index in [4.69, 9.17) is 0 Å². The van der Waals surface area contributed by atoms with E-state index >= 15 is 0 Å². The molecule has 0 spiro atoms. The van der Waals surface area contributed by atoms with Crippen LogP contribution in [0.2, 0.25) is 0 Å². The van der Waals surface area contributed by atoms with Crippen LogP contribution in [0, 0.1) is 6.92 Å². The zero-order chi connectivity index (χ0) is 14.8. The maximum atomic E-state index is 12.1. The van der Waals surface area contributed by atoms with Gasteiger partial charge in [-0.15, -0.1) is 0 Å². The topological polar surface area (TPSA) is 63.2 Å². The molecule has 1 N–H and O–H groups in total. The third kappa shape index (κ3) is 4.04. The number of rotatable bonds is 4. The molecule has 6 heteroatoms. The first kappa shape index (κ1) is 16.2. The fourth-order valence-corrected chi connectivity index (χ4v) is 2.09.